The van der Waals surface area contributed by atoms with Crippen LogP contribution in [-0.2, 0) is 33.4 Å². The smallest absolute Gasteiger partial charge is 0.303 e. The molecule has 0 saturated heterocycles. The van der Waals surface area contributed by atoms with E-state index in [1.165, 1.54) is 20.8 Å². The summed E-state index contributed by atoms with van der Waals surface area (Å²) in [6.07, 6.45) is -4.50. The van der Waals surface area contributed by atoms with Crippen molar-refractivity contribution in [2.24, 2.45) is 34.0 Å². The van der Waals surface area contributed by atoms with Crippen LogP contribution < -0.4 is 0 Å². The van der Waals surface area contributed by atoms with Gasteiger partial charge in [-0.3, -0.25) is 19.2 Å². The predicted molar refractivity (Wildman–Crippen MR) is 121 cm³/mol. The minimum atomic E-state index is -1.41. The highest BCUT2D eigenvalue weighted by molar-refractivity contribution is 6.03. The quantitative estimate of drug-likeness (QED) is 0.343. The third-order valence-electron chi connectivity index (χ3n) is 9.32. The Labute approximate surface area is 205 Å². The topological polar surface area (TPSA) is 136 Å². The van der Waals surface area contributed by atoms with Crippen molar-refractivity contribution in [2.45, 2.75) is 91.3 Å². The Balaban J connectivity index is 1.94. The average Bonchev–Trinajstić information content (AvgIpc) is 2.88. The van der Waals surface area contributed by atoms with Gasteiger partial charge in [0.05, 0.1) is 6.10 Å². The molecular weight excluding hydrogens is 456 g/mol. The zero-order chi connectivity index (χ0) is 26.2. The van der Waals surface area contributed by atoms with Gasteiger partial charge in [-0.15, -0.1) is 0 Å². The molecule has 10 atom stereocenters. The average molecular weight is 493 g/mol. The van der Waals surface area contributed by atoms with Gasteiger partial charge in [0.25, 0.3) is 0 Å². The van der Waals surface area contributed by atoms with Crippen LogP contribution >= 0.6 is 0 Å². The van der Waals surface area contributed by atoms with Gasteiger partial charge in [0.1, 0.15) is 18.3 Å². The maximum Gasteiger partial charge on any atom is 0.303 e. The minimum Gasteiger partial charge on any atom is -0.462 e. The van der Waals surface area contributed by atoms with Gasteiger partial charge in [-0.25, -0.2) is 0 Å². The molecule has 9 heteroatoms. The number of hydrogen-bond donors (Lipinski definition) is 2. The van der Waals surface area contributed by atoms with E-state index in [0.29, 0.717) is 18.4 Å². The number of hydrogen-bond acceptors (Lipinski definition) is 9. The van der Waals surface area contributed by atoms with Gasteiger partial charge < -0.3 is 24.4 Å². The molecule has 4 aliphatic rings. The van der Waals surface area contributed by atoms with Crippen LogP contribution in [0, 0.1) is 34.0 Å². The first-order valence-corrected chi connectivity index (χ1v) is 12.2. The number of aliphatic hydroxyl groups is 2. The number of Topliss-reactive ketones (excluding diaryl/α,β-unsaturated/α-hetero) is 1. The molecule has 0 unspecified atom stereocenters. The van der Waals surface area contributed by atoms with E-state index in [1.54, 1.807) is 20.8 Å². The van der Waals surface area contributed by atoms with E-state index in [1.807, 2.05) is 0 Å². The molecule has 35 heavy (non-hydrogen) atoms. The lowest BCUT2D eigenvalue weighted by molar-refractivity contribution is -0.306. The Morgan fingerprint density at radius 3 is 2.03 bits per heavy atom. The first kappa shape index (κ1) is 25.8. The molecule has 0 aromatic rings. The molecule has 1 spiro atoms. The standard InChI is InChI=1S/C26H36O9/c1-11-15-8-17(33-12(2)27)20-25(7)19(16(30)10-26(20,9-15)21(11)31)24(5,6)23(35-14(4)29)18(22(25)32)34-13(3)28/h15-20,22-23,30,32H,1,8-10H2,2-7H3/t15-,16+,17+,18+,19-,20+,22+,23+,25-,26+/m1/s1. The fraction of sp³-hybridized carbons (Fsp3) is 0.769. The Hall–Kier alpha value is -2.26. The lowest BCUT2D eigenvalue weighted by atomic mass is 9.38. The van der Waals surface area contributed by atoms with Crippen molar-refractivity contribution in [3.8, 4) is 0 Å². The third kappa shape index (κ3) is 3.49. The normalized spacial score (nSPS) is 45.7. The molecular formula is C26H36O9. The van der Waals surface area contributed by atoms with Crippen LogP contribution in [0.3, 0.4) is 0 Å². The van der Waals surface area contributed by atoms with E-state index in [-0.39, 0.29) is 18.1 Å². The van der Waals surface area contributed by atoms with Gasteiger partial charge >= 0.3 is 17.9 Å². The van der Waals surface area contributed by atoms with Crippen LogP contribution in [-0.4, -0.2) is 64.4 Å². The number of ether oxygens (including phenoxy) is 3. The van der Waals surface area contributed by atoms with Crippen molar-refractivity contribution in [1.29, 1.82) is 0 Å². The molecule has 194 valence electrons. The van der Waals surface area contributed by atoms with Gasteiger partial charge in [-0.2, -0.15) is 0 Å². The van der Waals surface area contributed by atoms with Crippen LogP contribution in [0.2, 0.25) is 0 Å². The van der Waals surface area contributed by atoms with Crippen molar-refractivity contribution in [1.82, 2.24) is 0 Å². The summed E-state index contributed by atoms with van der Waals surface area (Å²) in [5, 5.41) is 23.5. The van der Waals surface area contributed by atoms with E-state index in [4.69, 9.17) is 14.2 Å². The van der Waals surface area contributed by atoms with E-state index in [0.717, 1.165) is 0 Å². The highest BCUT2D eigenvalue weighted by Gasteiger charge is 2.77. The highest BCUT2D eigenvalue weighted by Crippen LogP contribution is 2.71. The first-order valence-electron chi connectivity index (χ1n) is 12.2. The maximum absolute atomic E-state index is 13.7. The molecule has 4 saturated carbocycles. The van der Waals surface area contributed by atoms with E-state index < -0.39 is 76.5 Å². The Kier molecular flexibility index (Phi) is 6.00. The molecule has 0 aliphatic heterocycles. The van der Waals surface area contributed by atoms with Gasteiger partial charge in [-0.05, 0) is 30.8 Å². The Morgan fingerprint density at radius 1 is 0.914 bits per heavy atom. The molecule has 4 aliphatic carbocycles. The van der Waals surface area contributed by atoms with Crippen molar-refractivity contribution in [3.63, 3.8) is 0 Å². The molecule has 2 N–H and O–H groups in total. The number of carbonyl (C=O) groups excluding carboxylic acids is 4. The van der Waals surface area contributed by atoms with Crippen LogP contribution in [0.15, 0.2) is 12.2 Å². The van der Waals surface area contributed by atoms with E-state index in [2.05, 4.69) is 6.58 Å². The van der Waals surface area contributed by atoms with Gasteiger partial charge in [0.2, 0.25) is 0 Å². The zero-order valence-electron chi connectivity index (χ0n) is 21.2. The summed E-state index contributed by atoms with van der Waals surface area (Å²) in [5.74, 6) is -3.47. The Morgan fingerprint density at radius 2 is 1.49 bits per heavy atom. The minimum absolute atomic E-state index is 0.116. The molecule has 0 heterocycles. The number of allylic oxidation sites excluding steroid dienone is 1. The SMILES string of the molecule is C=C1C(=O)[C@]23C[C@H]1C[C@H](OC(C)=O)[C@H]2[C@@]1(C)[C@H]([C@@H](O)C3)C(C)(C)[C@@H](OC(C)=O)[C@@H](OC(C)=O)[C@@H]1O. The number of aliphatic hydroxyl groups excluding tert-OH is 2. The van der Waals surface area contributed by atoms with E-state index in [9.17, 15) is 29.4 Å². The number of esters is 3. The Bertz CT molecular complexity index is 985. The summed E-state index contributed by atoms with van der Waals surface area (Å²) in [6.45, 7) is 13.1. The number of carbonyl (C=O) groups is 4. The van der Waals surface area contributed by atoms with Crippen molar-refractivity contribution in [3.05, 3.63) is 12.2 Å². The molecule has 4 rings (SSSR count). The second-order valence-corrected chi connectivity index (χ2v) is 11.8. The van der Waals surface area contributed by atoms with Crippen LogP contribution in [0.1, 0.15) is 60.8 Å². The van der Waals surface area contributed by atoms with Crippen molar-refractivity contribution < 1.29 is 43.6 Å². The summed E-state index contributed by atoms with van der Waals surface area (Å²) < 4.78 is 17.0. The molecule has 4 fully saturated rings. The van der Waals surface area contributed by atoms with Crippen LogP contribution in [0.25, 0.3) is 0 Å². The van der Waals surface area contributed by atoms with Gasteiger partial charge in [-0.1, -0.05) is 27.4 Å². The lowest BCUT2D eigenvalue weighted by Gasteiger charge is -2.68. The van der Waals surface area contributed by atoms with Crippen LogP contribution in [0.5, 0.6) is 0 Å². The third-order valence-corrected chi connectivity index (χ3v) is 9.32. The first-order chi connectivity index (χ1) is 16.1. The van der Waals surface area contributed by atoms with Crippen LogP contribution in [0.4, 0.5) is 0 Å². The molecule has 9 nitrogen and oxygen atoms in total. The fourth-order valence-corrected chi connectivity index (χ4v) is 8.65. The van der Waals surface area contributed by atoms with Gasteiger partial charge in [0.15, 0.2) is 11.9 Å². The number of rotatable bonds is 3. The highest BCUT2D eigenvalue weighted by atomic mass is 16.6. The second-order valence-electron chi connectivity index (χ2n) is 11.8. The van der Waals surface area contributed by atoms with Gasteiger partial charge in [0, 0.05) is 48.9 Å². The van der Waals surface area contributed by atoms with Crippen molar-refractivity contribution in [2.75, 3.05) is 0 Å². The summed E-state index contributed by atoms with van der Waals surface area (Å²) in [5.41, 5.74) is -2.82. The molecule has 0 amide bonds. The molecule has 2 bridgehead atoms. The monoisotopic (exact) mass is 492 g/mol. The van der Waals surface area contributed by atoms with E-state index >= 15 is 0 Å². The number of fused-ring (bicyclic) bond motifs is 3. The van der Waals surface area contributed by atoms with Crippen molar-refractivity contribution >= 4 is 23.7 Å². The summed E-state index contributed by atoms with van der Waals surface area (Å²) >= 11 is 0. The molecule has 0 aromatic carbocycles. The predicted octanol–water partition coefficient (Wildman–Crippen LogP) is 1.72. The molecule has 0 aromatic heterocycles. The lowest BCUT2D eigenvalue weighted by Crippen LogP contribution is -2.76. The maximum atomic E-state index is 13.7. The fourth-order valence-electron chi connectivity index (χ4n) is 8.65. The molecule has 0 radical (unpaired) electrons. The zero-order valence-corrected chi connectivity index (χ0v) is 21.2. The number of ketones is 1. The summed E-state index contributed by atoms with van der Waals surface area (Å²) in [7, 11) is 0. The summed E-state index contributed by atoms with van der Waals surface area (Å²) in [4.78, 5) is 49.9. The summed E-state index contributed by atoms with van der Waals surface area (Å²) in [6, 6.07) is 0. The largest absolute Gasteiger partial charge is 0.462 e. The second kappa shape index (κ2) is 8.13.